The van der Waals surface area contributed by atoms with E-state index in [0.717, 1.165) is 24.2 Å². The lowest BCUT2D eigenvalue weighted by Crippen LogP contribution is -2.26. The van der Waals surface area contributed by atoms with Crippen LogP contribution in [0.2, 0.25) is 0 Å². The van der Waals surface area contributed by atoms with Crippen LogP contribution in [0.15, 0.2) is 28.8 Å². The molecule has 0 spiro atoms. The molecule has 0 aliphatic heterocycles. The highest BCUT2D eigenvalue weighted by molar-refractivity contribution is 5.95. The minimum atomic E-state index is -0.858. The first kappa shape index (κ1) is 14.6. The molecule has 1 atom stereocenters. The van der Waals surface area contributed by atoms with Crippen molar-refractivity contribution >= 4 is 5.91 Å². The number of aliphatic hydroxyl groups excluding tert-OH is 1. The molecule has 2 N–H and O–H groups in total. The Labute approximate surface area is 128 Å². The van der Waals surface area contributed by atoms with Crippen molar-refractivity contribution in [2.75, 3.05) is 7.11 Å². The van der Waals surface area contributed by atoms with Gasteiger partial charge in [0.15, 0.2) is 0 Å². The fraction of sp³-hybridized carbons (Fsp3) is 0.375. The monoisotopic (exact) mass is 302 g/mol. The molecule has 22 heavy (non-hydrogen) atoms. The highest BCUT2D eigenvalue weighted by atomic mass is 16.5. The maximum Gasteiger partial charge on any atom is 0.290 e. The maximum absolute atomic E-state index is 12.2. The van der Waals surface area contributed by atoms with E-state index in [4.69, 9.17) is 9.26 Å². The molecule has 0 radical (unpaired) electrons. The van der Waals surface area contributed by atoms with Crippen LogP contribution >= 0.6 is 0 Å². The number of aliphatic hydroxyl groups is 1. The van der Waals surface area contributed by atoms with Gasteiger partial charge in [-0.25, -0.2) is 0 Å². The zero-order valence-electron chi connectivity index (χ0n) is 12.5. The molecular weight excluding hydrogens is 284 g/mol. The Morgan fingerprint density at radius 2 is 2.09 bits per heavy atom. The SMILES string of the molecule is COc1ccc(-c2noc(C(=O)NC3CC3)c2[C@H](C)O)cc1. The van der Waals surface area contributed by atoms with Gasteiger partial charge in [0, 0.05) is 11.6 Å². The molecule has 1 aromatic heterocycles. The van der Waals surface area contributed by atoms with Crippen LogP contribution in [0.3, 0.4) is 0 Å². The second kappa shape index (κ2) is 5.81. The molecule has 1 aromatic carbocycles. The normalized spacial score (nSPS) is 15.4. The summed E-state index contributed by atoms with van der Waals surface area (Å²) in [5, 5.41) is 16.9. The molecule has 116 valence electrons. The van der Waals surface area contributed by atoms with Crippen molar-refractivity contribution in [2.24, 2.45) is 0 Å². The number of hydrogen-bond acceptors (Lipinski definition) is 5. The number of rotatable bonds is 5. The van der Waals surface area contributed by atoms with Gasteiger partial charge in [0.2, 0.25) is 5.76 Å². The molecule has 1 aliphatic carbocycles. The number of ether oxygens (including phenoxy) is 1. The Morgan fingerprint density at radius 1 is 1.41 bits per heavy atom. The smallest absolute Gasteiger partial charge is 0.290 e. The summed E-state index contributed by atoms with van der Waals surface area (Å²) >= 11 is 0. The topological polar surface area (TPSA) is 84.6 Å². The lowest BCUT2D eigenvalue weighted by molar-refractivity contribution is 0.0905. The van der Waals surface area contributed by atoms with Crippen LogP contribution < -0.4 is 10.1 Å². The fourth-order valence-corrected chi connectivity index (χ4v) is 2.28. The molecule has 0 unspecified atom stereocenters. The Kier molecular flexibility index (Phi) is 3.85. The standard InChI is InChI=1S/C16H18N2O4/c1-9(19)13-14(10-3-7-12(21-2)8-4-10)18-22-15(13)16(20)17-11-5-6-11/h3-4,7-9,11,19H,5-6H2,1-2H3,(H,17,20)/t9-/m0/s1. The average Bonchev–Trinajstić information content (AvgIpc) is 3.21. The van der Waals surface area contributed by atoms with Crippen LogP contribution in [0.5, 0.6) is 5.75 Å². The van der Waals surface area contributed by atoms with Gasteiger partial charge in [-0.05, 0) is 44.0 Å². The summed E-state index contributed by atoms with van der Waals surface area (Å²) in [4.78, 5) is 12.2. The van der Waals surface area contributed by atoms with Crippen molar-refractivity contribution in [3.8, 4) is 17.0 Å². The Bertz CT molecular complexity index is 672. The molecule has 1 aliphatic rings. The third kappa shape index (κ3) is 2.82. The van der Waals surface area contributed by atoms with Gasteiger partial charge in [-0.3, -0.25) is 4.79 Å². The van der Waals surface area contributed by atoms with Crippen molar-refractivity contribution in [2.45, 2.75) is 31.9 Å². The first-order valence-electron chi connectivity index (χ1n) is 7.23. The van der Waals surface area contributed by atoms with Gasteiger partial charge in [0.25, 0.3) is 5.91 Å². The second-order valence-electron chi connectivity index (χ2n) is 5.43. The summed E-state index contributed by atoms with van der Waals surface area (Å²) in [7, 11) is 1.59. The molecule has 1 heterocycles. The van der Waals surface area contributed by atoms with Crippen molar-refractivity contribution < 1.29 is 19.2 Å². The fourth-order valence-electron chi connectivity index (χ4n) is 2.28. The van der Waals surface area contributed by atoms with Gasteiger partial charge in [-0.15, -0.1) is 0 Å². The minimum absolute atomic E-state index is 0.0766. The molecule has 2 aromatic rings. The molecule has 3 rings (SSSR count). The predicted molar refractivity (Wildman–Crippen MR) is 79.6 cm³/mol. The number of hydrogen-bond donors (Lipinski definition) is 2. The molecular formula is C16H18N2O4. The van der Waals surface area contributed by atoms with Crippen LogP contribution in [-0.4, -0.2) is 29.3 Å². The zero-order chi connectivity index (χ0) is 15.7. The first-order chi connectivity index (χ1) is 10.6. The van der Waals surface area contributed by atoms with Gasteiger partial charge in [0.1, 0.15) is 11.4 Å². The maximum atomic E-state index is 12.2. The van der Waals surface area contributed by atoms with E-state index < -0.39 is 6.10 Å². The van der Waals surface area contributed by atoms with Gasteiger partial charge in [-0.1, -0.05) is 5.16 Å². The third-order valence-electron chi connectivity index (χ3n) is 3.63. The van der Waals surface area contributed by atoms with Crippen LogP contribution in [-0.2, 0) is 0 Å². The highest BCUT2D eigenvalue weighted by Gasteiger charge is 2.30. The Morgan fingerprint density at radius 3 is 2.64 bits per heavy atom. The molecule has 1 fully saturated rings. The van der Waals surface area contributed by atoms with E-state index in [1.54, 1.807) is 26.2 Å². The van der Waals surface area contributed by atoms with E-state index in [-0.39, 0.29) is 17.7 Å². The van der Waals surface area contributed by atoms with E-state index in [0.29, 0.717) is 11.3 Å². The van der Waals surface area contributed by atoms with Crippen LogP contribution in [0.1, 0.15) is 42.0 Å². The quantitative estimate of drug-likeness (QED) is 0.885. The van der Waals surface area contributed by atoms with Crippen molar-refractivity contribution in [3.05, 3.63) is 35.6 Å². The van der Waals surface area contributed by atoms with Crippen molar-refractivity contribution in [1.29, 1.82) is 0 Å². The molecule has 6 nitrogen and oxygen atoms in total. The lowest BCUT2D eigenvalue weighted by Gasteiger charge is -2.07. The van der Waals surface area contributed by atoms with Gasteiger partial charge in [-0.2, -0.15) is 0 Å². The number of benzene rings is 1. The molecule has 0 bridgehead atoms. The van der Waals surface area contributed by atoms with Gasteiger partial charge in [0.05, 0.1) is 18.8 Å². The first-order valence-corrected chi connectivity index (χ1v) is 7.23. The second-order valence-corrected chi connectivity index (χ2v) is 5.43. The number of aromatic nitrogens is 1. The Balaban J connectivity index is 1.96. The van der Waals surface area contributed by atoms with Crippen molar-refractivity contribution in [1.82, 2.24) is 10.5 Å². The summed E-state index contributed by atoms with van der Waals surface area (Å²) in [5.74, 6) is 0.468. The van der Waals surface area contributed by atoms with Gasteiger partial charge >= 0.3 is 0 Å². The van der Waals surface area contributed by atoms with Crippen LogP contribution in [0.25, 0.3) is 11.3 Å². The highest BCUT2D eigenvalue weighted by Crippen LogP contribution is 2.32. The van der Waals surface area contributed by atoms with E-state index in [1.807, 2.05) is 12.1 Å². The summed E-state index contributed by atoms with van der Waals surface area (Å²) < 4.78 is 10.3. The molecule has 0 saturated heterocycles. The predicted octanol–water partition coefficient (Wildman–Crippen LogP) is 2.30. The van der Waals surface area contributed by atoms with E-state index in [1.165, 1.54) is 0 Å². The van der Waals surface area contributed by atoms with E-state index in [2.05, 4.69) is 10.5 Å². The Hall–Kier alpha value is -2.34. The number of methoxy groups -OCH3 is 1. The molecule has 6 heteroatoms. The van der Waals surface area contributed by atoms with E-state index in [9.17, 15) is 9.90 Å². The number of amides is 1. The molecule has 1 amide bonds. The van der Waals surface area contributed by atoms with Crippen LogP contribution in [0.4, 0.5) is 0 Å². The largest absolute Gasteiger partial charge is 0.497 e. The van der Waals surface area contributed by atoms with Gasteiger partial charge < -0.3 is 19.7 Å². The number of nitrogens with one attached hydrogen (secondary N) is 1. The number of carbonyl (C=O) groups excluding carboxylic acids is 1. The number of carbonyl (C=O) groups is 1. The third-order valence-corrected chi connectivity index (χ3v) is 3.63. The zero-order valence-corrected chi connectivity index (χ0v) is 12.5. The summed E-state index contributed by atoms with van der Waals surface area (Å²) in [6.07, 6.45) is 1.10. The summed E-state index contributed by atoms with van der Waals surface area (Å²) in [6, 6.07) is 7.42. The van der Waals surface area contributed by atoms with Crippen molar-refractivity contribution in [3.63, 3.8) is 0 Å². The summed E-state index contributed by atoms with van der Waals surface area (Å²) in [6.45, 7) is 1.59. The number of nitrogens with zero attached hydrogens (tertiary/aromatic N) is 1. The summed E-state index contributed by atoms with van der Waals surface area (Å²) in [5.41, 5.74) is 1.63. The van der Waals surface area contributed by atoms with E-state index >= 15 is 0 Å². The molecule has 1 saturated carbocycles. The lowest BCUT2D eigenvalue weighted by atomic mass is 10.0. The van der Waals surface area contributed by atoms with Crippen LogP contribution in [0, 0.1) is 0 Å². The minimum Gasteiger partial charge on any atom is -0.497 e. The average molecular weight is 302 g/mol.